The van der Waals surface area contributed by atoms with Crippen molar-refractivity contribution >= 4 is 44.2 Å². The number of fused-ring (bicyclic) bond motifs is 1. The van der Waals surface area contributed by atoms with Gasteiger partial charge in [-0.3, -0.25) is 9.78 Å². The fourth-order valence-corrected chi connectivity index (χ4v) is 5.31. The van der Waals surface area contributed by atoms with Crippen molar-refractivity contribution in [2.45, 2.75) is 58.6 Å². The number of ether oxygens (including phenoxy) is 3. The van der Waals surface area contributed by atoms with Crippen molar-refractivity contribution < 1.29 is 32.4 Å². The highest BCUT2D eigenvalue weighted by atomic mass is 79.9. The molecule has 0 fully saturated rings. The lowest BCUT2D eigenvalue weighted by Gasteiger charge is -2.23. The van der Waals surface area contributed by atoms with E-state index in [1.165, 1.54) is 6.20 Å². The molecule has 0 unspecified atom stereocenters. The fourth-order valence-electron chi connectivity index (χ4n) is 4.27. The van der Waals surface area contributed by atoms with Crippen molar-refractivity contribution in [2.75, 3.05) is 13.7 Å². The fraction of sp³-hybridized carbons (Fsp3) is 0.355. The summed E-state index contributed by atoms with van der Waals surface area (Å²) >= 11 is 2.08. The molecular weight excluding hydrogens is 627 g/mol. The van der Waals surface area contributed by atoms with Gasteiger partial charge in [-0.15, -0.1) is 4.72 Å². The van der Waals surface area contributed by atoms with Crippen LogP contribution in [0.1, 0.15) is 50.3 Å². The number of methoxy groups -OCH3 is 1. The number of esters is 1. The largest absolute Gasteiger partial charge is 0.598 e. The van der Waals surface area contributed by atoms with Crippen molar-refractivity contribution in [2.24, 2.45) is 0 Å². The van der Waals surface area contributed by atoms with Crippen LogP contribution >= 0.6 is 15.9 Å². The lowest BCUT2D eigenvalue weighted by Crippen LogP contribution is -2.39. The van der Waals surface area contributed by atoms with Gasteiger partial charge in [0.1, 0.15) is 35.1 Å². The molecular formula is C31H34BrFN2O6S. The van der Waals surface area contributed by atoms with Crippen molar-refractivity contribution in [3.8, 4) is 16.9 Å². The Hall–Kier alpha value is -2.96. The van der Waals surface area contributed by atoms with E-state index in [4.69, 9.17) is 18.6 Å². The molecule has 2 aromatic carbocycles. The monoisotopic (exact) mass is 660 g/mol. The molecule has 0 saturated heterocycles. The molecule has 11 heteroatoms. The molecule has 1 atom stereocenters. The number of hydrogen-bond donors (Lipinski definition) is 1. The number of pyridine rings is 1. The van der Waals surface area contributed by atoms with E-state index in [0.29, 0.717) is 40.4 Å². The summed E-state index contributed by atoms with van der Waals surface area (Å²) < 4.78 is 54.2. The van der Waals surface area contributed by atoms with Crippen molar-refractivity contribution in [3.05, 3.63) is 81.5 Å². The summed E-state index contributed by atoms with van der Waals surface area (Å²) in [6.45, 7) is 7.95. The summed E-state index contributed by atoms with van der Waals surface area (Å²) in [5, 5.41) is 0.754. The highest BCUT2D eigenvalue weighted by Crippen LogP contribution is 2.35. The molecule has 0 radical (unpaired) electrons. The topological polar surface area (TPSA) is 106 Å². The van der Waals surface area contributed by atoms with Gasteiger partial charge in [-0.05, 0) is 69.7 Å². The van der Waals surface area contributed by atoms with Crippen LogP contribution in [0.25, 0.3) is 22.1 Å². The highest BCUT2D eigenvalue weighted by Gasteiger charge is 2.27. The van der Waals surface area contributed by atoms with Gasteiger partial charge in [-0.1, -0.05) is 22.0 Å². The summed E-state index contributed by atoms with van der Waals surface area (Å²) in [7, 11) is 1.57. The Kier molecular flexibility index (Phi) is 10.7. The van der Waals surface area contributed by atoms with Gasteiger partial charge in [0, 0.05) is 51.2 Å². The Morgan fingerprint density at radius 2 is 1.93 bits per heavy atom. The maximum absolute atomic E-state index is 15.9. The third kappa shape index (κ3) is 7.90. The molecule has 0 aliphatic heterocycles. The molecule has 8 nitrogen and oxygen atoms in total. The molecule has 1 N–H and O–H groups in total. The number of nitrogens with zero attached hydrogens (tertiary/aromatic N) is 1. The predicted molar refractivity (Wildman–Crippen MR) is 164 cm³/mol. The molecule has 42 heavy (non-hydrogen) atoms. The normalized spacial score (nSPS) is 12.5. The van der Waals surface area contributed by atoms with Crippen LogP contribution in [0.5, 0.6) is 5.75 Å². The van der Waals surface area contributed by atoms with E-state index < -0.39 is 21.9 Å². The number of furan rings is 1. The average Bonchev–Trinajstić information content (AvgIpc) is 3.34. The third-order valence-corrected chi connectivity index (χ3v) is 8.27. The summed E-state index contributed by atoms with van der Waals surface area (Å²) in [6.07, 6.45) is 1.59. The minimum atomic E-state index is -1.39. The third-order valence-electron chi connectivity index (χ3n) is 6.26. The van der Waals surface area contributed by atoms with Crippen LogP contribution in [0, 0.1) is 5.82 Å². The van der Waals surface area contributed by atoms with Gasteiger partial charge in [0.2, 0.25) is 0 Å². The first-order valence-electron chi connectivity index (χ1n) is 13.4. The SMILES string of the molecule is CCOC(=O)Cc1ccc(Br)cc1OCc1cc(-c2ccnc(CN[S@@+]([O-])C(C)(C)C)c2F)c2oc(COC)cc2c1. The molecule has 0 aliphatic rings. The van der Waals surface area contributed by atoms with Crippen LogP contribution in [0.4, 0.5) is 4.39 Å². The first kappa shape index (κ1) is 32.0. The standard InChI is InChI=1S/C31H34BrFN2O6S/c1-6-39-28(36)14-20-7-8-22(32)15-27(20)40-17-19-11-21-13-23(18-38-5)41-30(21)25(12-19)24-9-10-34-26(29(24)33)16-35-42(37)31(2,3)4/h7-13,15,35H,6,14,16-18H2,1-5H3/t42-/m0/s1. The van der Waals surface area contributed by atoms with Crippen LogP contribution in [0.2, 0.25) is 0 Å². The van der Waals surface area contributed by atoms with Crippen LogP contribution in [-0.4, -0.2) is 34.0 Å². The first-order chi connectivity index (χ1) is 20.0. The molecule has 0 amide bonds. The molecule has 4 aromatic rings. The summed E-state index contributed by atoms with van der Waals surface area (Å²) in [5.41, 5.74) is 2.90. The minimum Gasteiger partial charge on any atom is -0.598 e. The van der Waals surface area contributed by atoms with Crippen molar-refractivity contribution in [1.29, 1.82) is 0 Å². The highest BCUT2D eigenvalue weighted by molar-refractivity contribution is 9.10. The van der Waals surface area contributed by atoms with Crippen LogP contribution in [0.3, 0.4) is 0 Å². The molecule has 0 spiro atoms. The predicted octanol–water partition coefficient (Wildman–Crippen LogP) is 6.78. The molecule has 0 saturated carbocycles. The average molecular weight is 662 g/mol. The number of carbonyl (C=O) groups is 1. The van der Waals surface area contributed by atoms with E-state index in [2.05, 4.69) is 25.6 Å². The van der Waals surface area contributed by atoms with Gasteiger partial charge >= 0.3 is 5.97 Å². The number of benzene rings is 2. The quantitative estimate of drug-likeness (QED) is 0.131. The number of aromatic nitrogens is 1. The lowest BCUT2D eigenvalue weighted by molar-refractivity contribution is -0.142. The zero-order valence-corrected chi connectivity index (χ0v) is 26.6. The van der Waals surface area contributed by atoms with E-state index in [-0.39, 0.29) is 37.8 Å². The first-order valence-corrected chi connectivity index (χ1v) is 15.3. The summed E-state index contributed by atoms with van der Waals surface area (Å²) in [5.74, 6) is 0.236. The van der Waals surface area contributed by atoms with Gasteiger partial charge in [0.25, 0.3) is 0 Å². The molecule has 2 heterocycles. The van der Waals surface area contributed by atoms with Gasteiger partial charge in [-0.2, -0.15) is 0 Å². The molecule has 224 valence electrons. The van der Waals surface area contributed by atoms with Crippen molar-refractivity contribution in [3.63, 3.8) is 0 Å². The Bertz CT molecular complexity index is 1550. The molecule has 0 bridgehead atoms. The Morgan fingerprint density at radius 3 is 2.64 bits per heavy atom. The van der Waals surface area contributed by atoms with E-state index >= 15 is 4.39 Å². The number of halogens is 2. The maximum Gasteiger partial charge on any atom is 0.310 e. The Balaban J connectivity index is 1.69. The van der Waals surface area contributed by atoms with Gasteiger partial charge in [-0.25, -0.2) is 4.39 Å². The number of nitrogens with one attached hydrogen (secondary N) is 1. The number of carbonyl (C=O) groups excluding carboxylic acids is 1. The zero-order chi connectivity index (χ0) is 30.4. The second-order valence-electron chi connectivity index (χ2n) is 10.6. The summed E-state index contributed by atoms with van der Waals surface area (Å²) in [6, 6.07) is 12.6. The van der Waals surface area contributed by atoms with Crippen LogP contribution < -0.4 is 9.46 Å². The maximum atomic E-state index is 15.9. The van der Waals surface area contributed by atoms with E-state index in [1.807, 2.05) is 51.1 Å². The van der Waals surface area contributed by atoms with Gasteiger partial charge < -0.3 is 23.2 Å². The number of rotatable bonds is 12. The molecule has 0 aliphatic carbocycles. The van der Waals surface area contributed by atoms with Gasteiger partial charge in [0.15, 0.2) is 5.82 Å². The van der Waals surface area contributed by atoms with E-state index in [1.54, 1.807) is 26.2 Å². The van der Waals surface area contributed by atoms with E-state index in [0.717, 1.165) is 15.4 Å². The second kappa shape index (κ2) is 14.0. The Morgan fingerprint density at radius 1 is 1.14 bits per heavy atom. The lowest BCUT2D eigenvalue weighted by atomic mass is 10.00. The second-order valence-corrected chi connectivity index (χ2v) is 13.5. The number of hydrogen-bond acceptors (Lipinski definition) is 8. The van der Waals surface area contributed by atoms with Crippen molar-refractivity contribution in [1.82, 2.24) is 9.71 Å². The minimum absolute atomic E-state index is 0.00525. The van der Waals surface area contributed by atoms with Crippen LogP contribution in [0.15, 0.2) is 57.6 Å². The van der Waals surface area contributed by atoms with Gasteiger partial charge in [0.05, 0.1) is 25.3 Å². The zero-order valence-electron chi connectivity index (χ0n) is 24.2. The summed E-state index contributed by atoms with van der Waals surface area (Å²) in [4.78, 5) is 16.3. The smallest absolute Gasteiger partial charge is 0.310 e. The van der Waals surface area contributed by atoms with Crippen LogP contribution in [-0.2, 0) is 51.8 Å². The Labute approximate surface area is 256 Å². The molecule has 2 aromatic heterocycles. The van der Waals surface area contributed by atoms with E-state index in [9.17, 15) is 9.35 Å². The molecule has 4 rings (SSSR count).